The van der Waals surface area contributed by atoms with Gasteiger partial charge in [0.1, 0.15) is 0 Å². The molecule has 3 heteroatoms. The van der Waals surface area contributed by atoms with E-state index in [0.717, 1.165) is 16.8 Å². The zero-order chi connectivity index (χ0) is 21.4. The zero-order valence-electron chi connectivity index (χ0n) is 17.1. The van der Waals surface area contributed by atoms with Crippen molar-refractivity contribution >= 4 is 22.7 Å². The highest BCUT2D eigenvalue weighted by atomic mass is 15.2. The number of anilines is 3. The van der Waals surface area contributed by atoms with Crippen molar-refractivity contribution in [3.05, 3.63) is 119 Å². The van der Waals surface area contributed by atoms with Crippen molar-refractivity contribution in [3.63, 3.8) is 0 Å². The lowest BCUT2D eigenvalue weighted by atomic mass is 9.86. The maximum Gasteiger partial charge on any atom is 0.187 e. The van der Waals surface area contributed by atoms with Crippen LogP contribution in [0.25, 0.3) is 16.0 Å². The quantitative estimate of drug-likeness (QED) is 0.324. The summed E-state index contributed by atoms with van der Waals surface area (Å²) >= 11 is 0. The van der Waals surface area contributed by atoms with Crippen LogP contribution in [0.1, 0.15) is 29.5 Å². The molecular weight excluding hydrogens is 378 g/mol. The van der Waals surface area contributed by atoms with Gasteiger partial charge in [-0.3, -0.25) is 0 Å². The monoisotopic (exact) mass is 397 g/mol. The van der Waals surface area contributed by atoms with E-state index >= 15 is 0 Å². The summed E-state index contributed by atoms with van der Waals surface area (Å²) < 4.78 is 0. The molecule has 0 N–H and O–H groups in total. The Labute approximate surface area is 182 Å². The highest BCUT2D eigenvalue weighted by Gasteiger charge is 2.28. The van der Waals surface area contributed by atoms with Gasteiger partial charge >= 0.3 is 0 Å². The largest absolute Gasteiger partial charge is 0.310 e. The molecule has 4 aromatic rings. The molecule has 0 saturated heterocycles. The van der Waals surface area contributed by atoms with Gasteiger partial charge in [0.15, 0.2) is 5.69 Å². The summed E-state index contributed by atoms with van der Waals surface area (Å²) in [6.45, 7) is 9.54. The molecule has 4 aromatic carbocycles. The Balaban J connectivity index is 1.63. The van der Waals surface area contributed by atoms with Crippen LogP contribution in [0.4, 0.5) is 22.7 Å². The predicted octanol–water partition coefficient (Wildman–Crippen LogP) is 7.71. The Morgan fingerprint density at radius 1 is 0.839 bits per heavy atom. The number of hydrogen-bond acceptors (Lipinski definition) is 2. The topological polar surface area (TPSA) is 31.4 Å². The van der Waals surface area contributed by atoms with Crippen molar-refractivity contribution in [2.24, 2.45) is 0 Å². The Kier molecular flexibility index (Phi) is 4.51. The van der Waals surface area contributed by atoms with Gasteiger partial charge in [-0.25, -0.2) is 4.85 Å². The number of nitriles is 1. The first kappa shape index (κ1) is 18.7. The van der Waals surface area contributed by atoms with Crippen LogP contribution in [0.5, 0.6) is 0 Å². The van der Waals surface area contributed by atoms with Crippen LogP contribution < -0.4 is 4.90 Å². The third-order valence-electron chi connectivity index (χ3n) is 5.98. The Morgan fingerprint density at radius 3 is 2.03 bits per heavy atom. The maximum atomic E-state index is 9.51. The van der Waals surface area contributed by atoms with Crippen molar-refractivity contribution in [2.75, 3.05) is 4.90 Å². The number of para-hydroxylation sites is 2. The van der Waals surface area contributed by atoms with Crippen LogP contribution in [0.3, 0.4) is 0 Å². The van der Waals surface area contributed by atoms with Gasteiger partial charge in [0, 0.05) is 23.0 Å². The lowest BCUT2D eigenvalue weighted by Crippen LogP contribution is -2.20. The van der Waals surface area contributed by atoms with Crippen molar-refractivity contribution < 1.29 is 0 Å². The average molecular weight is 397 g/mol. The normalized spacial score (nSPS) is 12.4. The summed E-state index contributed by atoms with van der Waals surface area (Å²) in [6.07, 6.45) is 0. The minimum atomic E-state index is 0.331. The molecule has 0 atom stereocenters. The lowest BCUT2D eigenvalue weighted by Gasteiger charge is -2.36. The molecule has 0 bridgehead atoms. The molecule has 146 valence electrons. The molecular formula is C28H19N3. The molecule has 3 nitrogen and oxygen atoms in total. The average Bonchev–Trinajstić information content (AvgIpc) is 2.84. The first-order valence-electron chi connectivity index (χ1n) is 10.2. The molecule has 0 saturated carbocycles. The van der Waals surface area contributed by atoms with E-state index in [1.165, 1.54) is 22.5 Å². The Morgan fingerprint density at radius 2 is 1.45 bits per heavy atom. The summed E-state index contributed by atoms with van der Waals surface area (Å²) in [5.41, 5.74) is 8.88. The zero-order valence-corrected chi connectivity index (χ0v) is 17.1. The molecule has 0 unspecified atom stereocenters. The second kappa shape index (κ2) is 7.48. The fourth-order valence-corrected chi connectivity index (χ4v) is 4.42. The standard InChI is InChI=1S/C28H19N3/c1-19-24-7-3-5-9-27(24)31(28-10-6-4-8-25(19)28)23-15-12-20(13-16-23)26-17-22(30-2)14-11-21(26)18-29/h3-17,19H,1H3. The smallest absolute Gasteiger partial charge is 0.187 e. The van der Waals surface area contributed by atoms with E-state index in [2.05, 4.69) is 83.4 Å². The minimum absolute atomic E-state index is 0.331. The Hall–Kier alpha value is -4.34. The molecule has 0 spiro atoms. The van der Waals surface area contributed by atoms with Crippen molar-refractivity contribution in [2.45, 2.75) is 12.8 Å². The maximum absolute atomic E-state index is 9.51. The fraction of sp³-hybridized carbons (Fsp3) is 0.0714. The van der Waals surface area contributed by atoms with Gasteiger partial charge in [0.2, 0.25) is 0 Å². The van der Waals surface area contributed by atoms with Crippen LogP contribution in [0.15, 0.2) is 91.0 Å². The van der Waals surface area contributed by atoms with Gasteiger partial charge in [-0.15, -0.1) is 0 Å². The molecule has 31 heavy (non-hydrogen) atoms. The van der Waals surface area contributed by atoms with Gasteiger partial charge in [-0.05, 0) is 52.6 Å². The summed E-state index contributed by atoms with van der Waals surface area (Å²) in [5.74, 6) is 0.331. The highest BCUT2D eigenvalue weighted by Crippen LogP contribution is 2.48. The molecule has 1 aliphatic heterocycles. The van der Waals surface area contributed by atoms with Crippen LogP contribution >= 0.6 is 0 Å². The fourth-order valence-electron chi connectivity index (χ4n) is 4.42. The third-order valence-corrected chi connectivity index (χ3v) is 5.98. The number of fused-ring (bicyclic) bond motifs is 2. The molecule has 5 rings (SSSR count). The van der Waals surface area contributed by atoms with E-state index in [1.807, 2.05) is 12.1 Å². The molecule has 0 fully saturated rings. The number of hydrogen-bond donors (Lipinski definition) is 0. The van der Waals surface area contributed by atoms with Gasteiger partial charge in [-0.2, -0.15) is 5.26 Å². The highest BCUT2D eigenvalue weighted by molar-refractivity contribution is 5.85. The lowest BCUT2D eigenvalue weighted by molar-refractivity contribution is 0.892. The van der Waals surface area contributed by atoms with Gasteiger partial charge in [0.25, 0.3) is 0 Å². The van der Waals surface area contributed by atoms with E-state index in [1.54, 1.807) is 18.2 Å². The molecule has 0 radical (unpaired) electrons. The second-order valence-corrected chi connectivity index (χ2v) is 7.68. The molecule has 1 aliphatic rings. The molecule has 0 aliphatic carbocycles. The van der Waals surface area contributed by atoms with Crippen molar-refractivity contribution in [1.82, 2.24) is 0 Å². The van der Waals surface area contributed by atoms with Crippen molar-refractivity contribution in [3.8, 4) is 17.2 Å². The first-order chi connectivity index (χ1) is 15.2. The van der Waals surface area contributed by atoms with Crippen LogP contribution in [0, 0.1) is 17.9 Å². The van der Waals surface area contributed by atoms with Crippen LogP contribution in [0.2, 0.25) is 0 Å². The number of rotatable bonds is 2. The van der Waals surface area contributed by atoms with Crippen LogP contribution in [-0.4, -0.2) is 0 Å². The van der Waals surface area contributed by atoms with E-state index in [0.29, 0.717) is 17.2 Å². The summed E-state index contributed by atoms with van der Waals surface area (Å²) in [7, 11) is 0. The first-order valence-corrected chi connectivity index (χ1v) is 10.2. The Bertz CT molecular complexity index is 1320. The van der Waals surface area contributed by atoms with E-state index < -0.39 is 0 Å². The number of benzene rings is 4. The summed E-state index contributed by atoms with van der Waals surface area (Å²) in [4.78, 5) is 5.81. The summed E-state index contributed by atoms with van der Waals surface area (Å²) in [5, 5.41) is 9.51. The van der Waals surface area contributed by atoms with Gasteiger partial charge in [0.05, 0.1) is 18.2 Å². The molecule has 1 heterocycles. The van der Waals surface area contributed by atoms with Crippen LogP contribution in [-0.2, 0) is 0 Å². The van der Waals surface area contributed by atoms with E-state index in [4.69, 9.17) is 6.57 Å². The SMILES string of the molecule is [C-]#[N+]c1ccc(C#N)c(-c2ccc(N3c4ccccc4C(C)c4ccccc43)cc2)c1. The minimum Gasteiger partial charge on any atom is -0.310 e. The molecule has 0 aromatic heterocycles. The third kappa shape index (κ3) is 3.05. The van der Waals surface area contributed by atoms with Gasteiger partial charge in [-0.1, -0.05) is 67.6 Å². The second-order valence-electron chi connectivity index (χ2n) is 7.68. The number of nitrogens with zero attached hydrogens (tertiary/aromatic N) is 3. The predicted molar refractivity (Wildman–Crippen MR) is 125 cm³/mol. The van der Waals surface area contributed by atoms with E-state index in [-0.39, 0.29) is 0 Å². The summed E-state index contributed by atoms with van der Waals surface area (Å²) in [6, 6.07) is 32.8. The van der Waals surface area contributed by atoms with Gasteiger partial charge < -0.3 is 4.90 Å². The van der Waals surface area contributed by atoms with E-state index in [9.17, 15) is 5.26 Å². The van der Waals surface area contributed by atoms with Crippen molar-refractivity contribution in [1.29, 1.82) is 5.26 Å². The molecule has 0 amide bonds.